The van der Waals surface area contributed by atoms with E-state index >= 15 is 0 Å². The fourth-order valence-corrected chi connectivity index (χ4v) is 3.00. The first-order chi connectivity index (χ1) is 13.5. The van der Waals surface area contributed by atoms with Gasteiger partial charge >= 0.3 is 0 Å². The third-order valence-corrected chi connectivity index (χ3v) is 4.30. The van der Waals surface area contributed by atoms with E-state index in [4.69, 9.17) is 9.82 Å². The lowest BCUT2D eigenvalue weighted by atomic mass is 10.1. The van der Waals surface area contributed by atoms with Crippen LogP contribution < -0.4 is 0 Å². The zero-order chi connectivity index (χ0) is 19.9. The molecule has 6 heteroatoms. The Balaban J connectivity index is 1.69. The molecule has 0 unspecified atom stereocenters. The summed E-state index contributed by atoms with van der Waals surface area (Å²) < 4.78 is 0. The third-order valence-electron chi connectivity index (χ3n) is 4.30. The molecule has 0 saturated carbocycles. The molecule has 0 amide bonds. The van der Waals surface area contributed by atoms with Gasteiger partial charge < -0.3 is 4.84 Å². The van der Waals surface area contributed by atoms with Crippen LogP contribution in [0.15, 0.2) is 47.6 Å². The Kier molecular flexibility index (Phi) is 6.42. The van der Waals surface area contributed by atoms with Crippen molar-refractivity contribution in [3.63, 3.8) is 0 Å². The van der Waals surface area contributed by atoms with Crippen LogP contribution in [-0.2, 0) is 17.7 Å². The van der Waals surface area contributed by atoms with Crippen molar-refractivity contribution in [2.75, 3.05) is 7.11 Å². The van der Waals surface area contributed by atoms with Crippen molar-refractivity contribution < 1.29 is 4.84 Å². The van der Waals surface area contributed by atoms with Crippen LogP contribution in [0.4, 0.5) is 0 Å². The van der Waals surface area contributed by atoms with Crippen molar-refractivity contribution in [2.24, 2.45) is 5.16 Å². The van der Waals surface area contributed by atoms with Gasteiger partial charge in [0.25, 0.3) is 0 Å². The second kappa shape index (κ2) is 9.17. The van der Waals surface area contributed by atoms with Crippen molar-refractivity contribution in [1.29, 1.82) is 0 Å². The molecule has 3 aromatic rings. The van der Waals surface area contributed by atoms with Crippen LogP contribution in [-0.4, -0.2) is 32.8 Å². The zero-order valence-corrected chi connectivity index (χ0v) is 16.8. The first kappa shape index (κ1) is 19.6. The van der Waals surface area contributed by atoms with Gasteiger partial charge in [-0.2, -0.15) is 0 Å². The van der Waals surface area contributed by atoms with E-state index in [0.717, 1.165) is 59.1 Å². The molecule has 0 aliphatic heterocycles. The number of hydrogen-bond acceptors (Lipinski definition) is 6. The van der Waals surface area contributed by atoms with Gasteiger partial charge in [0.15, 0.2) is 5.82 Å². The average molecular weight is 375 g/mol. The molecule has 144 valence electrons. The molecule has 0 N–H and O–H groups in total. The highest BCUT2D eigenvalue weighted by molar-refractivity contribution is 5.96. The number of hydrogen-bond donors (Lipinski definition) is 0. The number of aromatic nitrogens is 4. The van der Waals surface area contributed by atoms with Gasteiger partial charge in [-0.1, -0.05) is 17.3 Å². The predicted octanol–water partition coefficient (Wildman–Crippen LogP) is 4.10. The minimum Gasteiger partial charge on any atom is -0.399 e. The van der Waals surface area contributed by atoms with Gasteiger partial charge in [0.05, 0.1) is 5.69 Å². The van der Waals surface area contributed by atoms with Crippen molar-refractivity contribution in [3.05, 3.63) is 70.9 Å². The van der Waals surface area contributed by atoms with Crippen LogP contribution in [0.1, 0.15) is 41.8 Å². The molecule has 0 aliphatic carbocycles. The molecule has 0 saturated heterocycles. The largest absolute Gasteiger partial charge is 0.399 e. The minimum absolute atomic E-state index is 0.685. The molecule has 3 aromatic heterocycles. The van der Waals surface area contributed by atoms with Gasteiger partial charge in [0, 0.05) is 22.8 Å². The van der Waals surface area contributed by atoms with E-state index in [0.29, 0.717) is 5.82 Å². The Hall–Kier alpha value is -3.15. The topological polar surface area (TPSA) is 73.2 Å². The smallest absolute Gasteiger partial charge is 0.178 e. The Morgan fingerprint density at radius 2 is 1.68 bits per heavy atom. The normalized spacial score (nSPS) is 11.5. The van der Waals surface area contributed by atoms with E-state index in [9.17, 15) is 0 Å². The summed E-state index contributed by atoms with van der Waals surface area (Å²) in [5.41, 5.74) is 6.40. The van der Waals surface area contributed by atoms with Crippen molar-refractivity contribution in [3.8, 4) is 11.5 Å². The summed E-state index contributed by atoms with van der Waals surface area (Å²) in [5.74, 6) is 0.685. The van der Waals surface area contributed by atoms with Crippen LogP contribution in [0.25, 0.3) is 11.5 Å². The van der Waals surface area contributed by atoms with Gasteiger partial charge in [0.2, 0.25) is 0 Å². The SMILES string of the molecule is CON=C(C)c1cccc(CCCc2cc(C)nc(-c3cccc(C)n3)n2)n1. The van der Waals surface area contributed by atoms with Gasteiger partial charge in [-0.05, 0) is 70.4 Å². The van der Waals surface area contributed by atoms with E-state index in [1.165, 1.54) is 7.11 Å². The highest BCUT2D eigenvalue weighted by Crippen LogP contribution is 2.15. The molecular weight excluding hydrogens is 350 g/mol. The molecule has 3 rings (SSSR count). The first-order valence-electron chi connectivity index (χ1n) is 9.38. The summed E-state index contributed by atoms with van der Waals surface area (Å²) in [6.07, 6.45) is 2.68. The van der Waals surface area contributed by atoms with Crippen molar-refractivity contribution >= 4 is 5.71 Å². The molecule has 0 bridgehead atoms. The third kappa shape index (κ3) is 5.19. The fraction of sp³-hybridized carbons (Fsp3) is 0.318. The lowest BCUT2D eigenvalue weighted by Gasteiger charge is -2.07. The monoisotopic (exact) mass is 375 g/mol. The van der Waals surface area contributed by atoms with Gasteiger partial charge in [0.1, 0.15) is 18.5 Å². The molecule has 0 atom stereocenters. The summed E-state index contributed by atoms with van der Waals surface area (Å²) in [6.45, 7) is 5.86. The van der Waals surface area contributed by atoms with E-state index in [1.54, 1.807) is 0 Å². The molecule has 28 heavy (non-hydrogen) atoms. The Labute approximate surface area is 165 Å². The molecular formula is C22H25N5O. The minimum atomic E-state index is 0.685. The second-order valence-electron chi connectivity index (χ2n) is 6.72. The van der Waals surface area contributed by atoms with Gasteiger partial charge in [-0.25, -0.2) is 15.0 Å². The summed E-state index contributed by atoms with van der Waals surface area (Å²) in [4.78, 5) is 23.3. The maximum Gasteiger partial charge on any atom is 0.178 e. The Bertz CT molecular complexity index is 984. The number of pyridine rings is 2. The van der Waals surface area contributed by atoms with Crippen LogP contribution in [0.5, 0.6) is 0 Å². The van der Waals surface area contributed by atoms with Crippen molar-refractivity contribution in [1.82, 2.24) is 19.9 Å². The number of nitrogens with zero attached hydrogens (tertiary/aromatic N) is 5. The predicted molar refractivity (Wildman–Crippen MR) is 110 cm³/mol. The summed E-state index contributed by atoms with van der Waals surface area (Å²) >= 11 is 0. The van der Waals surface area contributed by atoms with E-state index in [1.807, 2.05) is 63.2 Å². The molecule has 0 radical (unpaired) electrons. The van der Waals surface area contributed by atoms with E-state index in [2.05, 4.69) is 20.1 Å². The summed E-state index contributed by atoms with van der Waals surface area (Å²) in [5, 5.41) is 3.95. The molecule has 0 fully saturated rings. The molecule has 6 nitrogen and oxygen atoms in total. The zero-order valence-electron chi connectivity index (χ0n) is 16.8. The molecule has 0 aliphatic rings. The number of rotatable bonds is 7. The van der Waals surface area contributed by atoms with Crippen LogP contribution in [0.3, 0.4) is 0 Å². The van der Waals surface area contributed by atoms with E-state index < -0.39 is 0 Å². The van der Waals surface area contributed by atoms with Gasteiger partial charge in [-0.15, -0.1) is 0 Å². The average Bonchev–Trinajstić information content (AvgIpc) is 2.68. The Morgan fingerprint density at radius 1 is 0.893 bits per heavy atom. The number of oxime groups is 1. The lowest BCUT2D eigenvalue weighted by molar-refractivity contribution is 0.213. The van der Waals surface area contributed by atoms with E-state index in [-0.39, 0.29) is 0 Å². The molecule has 0 aromatic carbocycles. The fourth-order valence-electron chi connectivity index (χ4n) is 3.00. The quantitative estimate of drug-likeness (QED) is 0.459. The second-order valence-corrected chi connectivity index (χ2v) is 6.72. The molecule has 3 heterocycles. The highest BCUT2D eigenvalue weighted by atomic mass is 16.6. The maximum absolute atomic E-state index is 4.83. The van der Waals surface area contributed by atoms with Crippen LogP contribution in [0.2, 0.25) is 0 Å². The van der Waals surface area contributed by atoms with Crippen LogP contribution in [0, 0.1) is 13.8 Å². The van der Waals surface area contributed by atoms with Gasteiger partial charge in [-0.3, -0.25) is 4.98 Å². The van der Waals surface area contributed by atoms with Crippen LogP contribution >= 0.6 is 0 Å². The first-order valence-corrected chi connectivity index (χ1v) is 9.38. The molecule has 0 spiro atoms. The van der Waals surface area contributed by atoms with Crippen molar-refractivity contribution in [2.45, 2.75) is 40.0 Å². The Morgan fingerprint density at radius 3 is 2.46 bits per heavy atom. The number of aryl methyl sites for hydroxylation is 4. The highest BCUT2D eigenvalue weighted by Gasteiger charge is 2.08. The summed E-state index contributed by atoms with van der Waals surface area (Å²) in [6, 6.07) is 13.9. The standard InChI is InChI=1S/C22H25N5O/c1-15-8-5-13-21(23-15)22-24-16(2)14-19(26-22)11-6-9-18-10-7-12-20(25-18)17(3)27-28-4/h5,7-8,10,12-14H,6,9,11H2,1-4H3. The maximum atomic E-state index is 4.83. The lowest BCUT2D eigenvalue weighted by Crippen LogP contribution is -2.03. The summed E-state index contributed by atoms with van der Waals surface area (Å²) in [7, 11) is 1.54.